The van der Waals surface area contributed by atoms with Crippen molar-refractivity contribution in [3.63, 3.8) is 0 Å². The molecule has 61 heavy (non-hydrogen) atoms. The summed E-state index contributed by atoms with van der Waals surface area (Å²) in [6, 6.07) is 14.8. The predicted molar refractivity (Wildman–Crippen MR) is 208 cm³/mol. The molecule has 1 aliphatic heterocycles. The van der Waals surface area contributed by atoms with Crippen LogP contribution in [0.2, 0.25) is 0 Å². The molecule has 1 saturated heterocycles. The van der Waals surface area contributed by atoms with Crippen molar-refractivity contribution in [2.45, 2.75) is 55.0 Å². The first-order valence-corrected chi connectivity index (χ1v) is 20.7. The number of halogens is 6. The average Bonchev–Trinajstić information content (AvgIpc) is 3.73. The molecule has 0 radical (unpaired) electrons. The molecular formula is C42H35F6N7O5S. The number of carbonyl (C=O) groups excluding carboxylic acids is 1. The van der Waals surface area contributed by atoms with E-state index in [1.165, 1.54) is 41.6 Å². The van der Waals surface area contributed by atoms with E-state index >= 15 is 8.78 Å². The summed E-state index contributed by atoms with van der Waals surface area (Å²) >= 11 is 0. The molecule has 316 valence electrons. The van der Waals surface area contributed by atoms with E-state index in [1.54, 1.807) is 36.7 Å². The van der Waals surface area contributed by atoms with Gasteiger partial charge in [0.25, 0.3) is 17.9 Å². The number of rotatable bonds is 11. The Kier molecular flexibility index (Phi) is 9.90. The molecule has 2 fully saturated rings. The Morgan fingerprint density at radius 3 is 2.31 bits per heavy atom. The van der Waals surface area contributed by atoms with Crippen LogP contribution in [0, 0.1) is 17.6 Å². The van der Waals surface area contributed by atoms with Crippen molar-refractivity contribution in [3.8, 4) is 16.8 Å². The Hall–Kier alpha value is -5.92. The maximum Gasteiger partial charge on any atom is 0.293 e. The van der Waals surface area contributed by atoms with E-state index < -0.39 is 87.2 Å². The number of alkyl halides is 4. The molecule has 3 aromatic heterocycles. The number of nitrogens with zero attached hydrogens (tertiary/aromatic N) is 6. The van der Waals surface area contributed by atoms with Crippen LogP contribution in [-0.4, -0.2) is 69.2 Å². The quantitative estimate of drug-likeness (QED) is 0.148. The van der Waals surface area contributed by atoms with Crippen LogP contribution in [0.25, 0.3) is 27.7 Å². The molecule has 19 heteroatoms. The van der Waals surface area contributed by atoms with Crippen molar-refractivity contribution in [3.05, 3.63) is 136 Å². The lowest BCUT2D eigenvalue weighted by Gasteiger charge is -2.26. The number of aromatic nitrogens is 5. The third-order valence-corrected chi connectivity index (χ3v) is 13.6. The average molecular weight is 864 g/mol. The maximum atomic E-state index is 15.7. The van der Waals surface area contributed by atoms with Gasteiger partial charge >= 0.3 is 0 Å². The van der Waals surface area contributed by atoms with Crippen molar-refractivity contribution < 1.29 is 44.3 Å². The number of benzene rings is 3. The molecule has 2 aliphatic carbocycles. The first-order valence-electron chi connectivity index (χ1n) is 19.2. The zero-order chi connectivity index (χ0) is 43.0. The fraction of sp³-hybridized carbons (Fsp3) is 0.310. The van der Waals surface area contributed by atoms with Crippen LogP contribution in [0.1, 0.15) is 54.2 Å². The number of hydrogen-bond acceptors (Lipinski definition) is 8. The summed E-state index contributed by atoms with van der Waals surface area (Å²) in [6.07, 6.45) is -0.500. The largest absolute Gasteiger partial charge is 0.379 e. The van der Waals surface area contributed by atoms with Crippen molar-refractivity contribution in [1.82, 2.24) is 33.9 Å². The standard InChI is InChI=1S/C42H35F6N7O5S/c1-41-21-33(41)42(47,48)37-35(41)36(38(45)46)52-54(37)22-34(56)50-32(18-23-16-26(43)20-27(44)17-23)39-51-31-19-25(24-8-10-49-11-9-24)2-7-30(31)40(57)55(39)28-3-5-29(6-4-28)61(58,59)53-12-14-60-15-13-53/h2-11,16-17,19-20,32-33,38H,12-15,18,21-22H2,1H3,(H,50,56)/t32-,33-,41+/m0/s1. The summed E-state index contributed by atoms with van der Waals surface area (Å²) in [5.41, 5.74) is -2.23. The summed E-state index contributed by atoms with van der Waals surface area (Å²) in [7, 11) is -3.97. The summed E-state index contributed by atoms with van der Waals surface area (Å²) in [6.45, 7) is 1.19. The zero-order valence-corrected chi connectivity index (χ0v) is 33.0. The smallest absolute Gasteiger partial charge is 0.293 e. The molecule has 4 heterocycles. The monoisotopic (exact) mass is 863 g/mol. The Balaban J connectivity index is 1.18. The first kappa shape index (κ1) is 40.5. The fourth-order valence-electron chi connectivity index (χ4n) is 8.64. The van der Waals surface area contributed by atoms with Crippen LogP contribution < -0.4 is 10.9 Å². The molecular weight excluding hydrogens is 829 g/mol. The van der Waals surface area contributed by atoms with E-state index in [4.69, 9.17) is 9.72 Å². The summed E-state index contributed by atoms with van der Waals surface area (Å²) in [5, 5.41) is 6.56. The van der Waals surface area contributed by atoms with Crippen LogP contribution in [0.3, 0.4) is 0 Å². The van der Waals surface area contributed by atoms with Gasteiger partial charge in [-0.3, -0.25) is 23.8 Å². The molecule has 3 aliphatic rings. The topological polar surface area (TPSA) is 141 Å². The van der Waals surface area contributed by atoms with Gasteiger partial charge < -0.3 is 10.1 Å². The number of pyridine rings is 1. The van der Waals surface area contributed by atoms with E-state index in [0.29, 0.717) is 16.3 Å². The lowest BCUT2D eigenvalue weighted by Crippen LogP contribution is -2.40. The molecule has 0 bridgehead atoms. The Morgan fingerprint density at radius 2 is 1.64 bits per heavy atom. The van der Waals surface area contributed by atoms with Crippen molar-refractivity contribution in [2.24, 2.45) is 5.92 Å². The first-order chi connectivity index (χ1) is 29.1. The van der Waals surface area contributed by atoms with Gasteiger partial charge in [0.15, 0.2) is 0 Å². The van der Waals surface area contributed by atoms with Crippen LogP contribution in [0.5, 0.6) is 0 Å². The fourth-order valence-corrected chi connectivity index (χ4v) is 10.1. The van der Waals surface area contributed by atoms with Crippen molar-refractivity contribution in [1.29, 1.82) is 0 Å². The Labute approximate surface area is 343 Å². The molecule has 1 amide bonds. The number of nitrogens with one attached hydrogen (secondary N) is 1. The van der Waals surface area contributed by atoms with Gasteiger partial charge in [0, 0.05) is 54.9 Å². The van der Waals surface area contributed by atoms with Gasteiger partial charge in [-0.25, -0.2) is 31.0 Å². The Morgan fingerprint density at radius 1 is 0.951 bits per heavy atom. The maximum absolute atomic E-state index is 15.7. The molecule has 1 N–H and O–H groups in total. The number of fused-ring (bicyclic) bond motifs is 4. The highest BCUT2D eigenvalue weighted by atomic mass is 32.2. The summed E-state index contributed by atoms with van der Waals surface area (Å²) in [5.74, 6) is -7.92. The number of morpholine rings is 1. The predicted octanol–water partition coefficient (Wildman–Crippen LogP) is 6.36. The molecule has 3 atom stereocenters. The van der Waals surface area contributed by atoms with Crippen LogP contribution in [-0.2, 0) is 43.9 Å². The van der Waals surface area contributed by atoms with Gasteiger partial charge in [-0.2, -0.15) is 18.2 Å². The highest BCUT2D eigenvalue weighted by Gasteiger charge is 2.74. The lowest BCUT2D eigenvalue weighted by molar-refractivity contribution is -0.123. The van der Waals surface area contributed by atoms with E-state index in [2.05, 4.69) is 15.4 Å². The van der Waals surface area contributed by atoms with E-state index in [9.17, 15) is 35.6 Å². The number of sulfonamides is 1. The molecule has 9 rings (SSSR count). The summed E-state index contributed by atoms with van der Waals surface area (Å²) < 4.78 is 124. The van der Waals surface area contributed by atoms with Crippen LogP contribution >= 0.6 is 0 Å². The second-order valence-electron chi connectivity index (χ2n) is 15.6. The van der Waals surface area contributed by atoms with Gasteiger partial charge in [-0.1, -0.05) is 13.0 Å². The third kappa shape index (κ3) is 7.07. The minimum Gasteiger partial charge on any atom is -0.379 e. The molecule has 3 aromatic carbocycles. The van der Waals surface area contributed by atoms with E-state index in [0.717, 1.165) is 22.3 Å². The van der Waals surface area contributed by atoms with E-state index in [1.807, 2.05) is 0 Å². The van der Waals surface area contributed by atoms with Crippen LogP contribution in [0.4, 0.5) is 26.3 Å². The van der Waals surface area contributed by atoms with Gasteiger partial charge in [-0.05, 0) is 83.8 Å². The zero-order valence-electron chi connectivity index (χ0n) is 32.2. The van der Waals surface area contributed by atoms with E-state index in [-0.39, 0.29) is 71.2 Å². The molecule has 12 nitrogen and oxygen atoms in total. The lowest BCUT2D eigenvalue weighted by atomic mass is 9.99. The number of carbonyl (C=O) groups is 1. The highest BCUT2D eigenvalue weighted by Crippen LogP contribution is 2.71. The minimum atomic E-state index is -3.97. The number of ether oxygens (including phenoxy) is 1. The molecule has 0 unspecified atom stereocenters. The SMILES string of the molecule is C[C@@]12C[C@@H]1C(F)(F)c1c2c(C(F)F)nn1CC(=O)N[C@@H](Cc1cc(F)cc(F)c1)c1nc2cc(-c3ccncc3)ccc2c(=O)n1-c1ccc(S(=O)(=O)N2CCOCC2)cc1. The molecule has 1 saturated carbocycles. The second-order valence-corrected chi connectivity index (χ2v) is 17.5. The second kappa shape index (κ2) is 14.9. The minimum absolute atomic E-state index is 0.000646. The summed E-state index contributed by atoms with van der Waals surface area (Å²) in [4.78, 5) is 37.5. The molecule has 6 aromatic rings. The highest BCUT2D eigenvalue weighted by molar-refractivity contribution is 7.89. The Bertz CT molecular complexity index is 2870. The van der Waals surface area contributed by atoms with Crippen molar-refractivity contribution in [2.75, 3.05) is 26.3 Å². The van der Waals surface area contributed by atoms with Crippen molar-refractivity contribution >= 4 is 26.8 Å². The molecule has 0 spiro atoms. The number of amides is 1. The van der Waals surface area contributed by atoms with Crippen LogP contribution in [0.15, 0.2) is 94.9 Å². The van der Waals surface area contributed by atoms with Gasteiger partial charge in [-0.15, -0.1) is 0 Å². The van der Waals surface area contributed by atoms with Gasteiger partial charge in [0.2, 0.25) is 15.9 Å². The normalized spacial score (nSPS) is 20.1. The third-order valence-electron chi connectivity index (χ3n) is 11.7. The van der Waals surface area contributed by atoms with Gasteiger partial charge in [0.1, 0.15) is 35.4 Å². The van der Waals surface area contributed by atoms with Gasteiger partial charge in [0.05, 0.1) is 40.7 Å². The number of hydrogen-bond donors (Lipinski definition) is 1.